The standard InChI is InChI=1S/C18H31N3O6/c1-10(2)13(20-17(26)27-18(4,5)6)14(22)19-11(3)15(23)21-9-7-8-12(21)16(24)25/h10-13H,7-9H2,1-6H3,(H,19,22)(H,20,26)(H,24,25)/t11?,12-,13?/m0/s1. The van der Waals surface area contributed by atoms with E-state index in [9.17, 15) is 24.3 Å². The number of nitrogens with one attached hydrogen (secondary N) is 2. The number of carbonyl (C=O) groups excluding carboxylic acids is 3. The highest BCUT2D eigenvalue weighted by molar-refractivity contribution is 5.93. The van der Waals surface area contributed by atoms with Crippen LogP contribution in [0.15, 0.2) is 0 Å². The van der Waals surface area contributed by atoms with Crippen molar-refractivity contribution in [1.82, 2.24) is 15.5 Å². The zero-order chi connectivity index (χ0) is 20.9. The van der Waals surface area contributed by atoms with Gasteiger partial charge in [0.1, 0.15) is 23.7 Å². The number of hydrogen-bond donors (Lipinski definition) is 3. The second kappa shape index (κ2) is 9.05. The molecule has 0 aromatic heterocycles. The maximum absolute atomic E-state index is 12.6. The van der Waals surface area contributed by atoms with Gasteiger partial charge in [-0.1, -0.05) is 13.8 Å². The molecule has 0 saturated carbocycles. The van der Waals surface area contributed by atoms with Crippen LogP contribution in [0.3, 0.4) is 0 Å². The highest BCUT2D eigenvalue weighted by Crippen LogP contribution is 2.18. The van der Waals surface area contributed by atoms with Crippen molar-refractivity contribution in [3.8, 4) is 0 Å². The summed E-state index contributed by atoms with van der Waals surface area (Å²) in [6, 6.07) is -2.65. The predicted octanol–water partition coefficient (Wildman–Crippen LogP) is 1.12. The van der Waals surface area contributed by atoms with Gasteiger partial charge < -0.3 is 25.4 Å². The van der Waals surface area contributed by atoms with Crippen LogP contribution >= 0.6 is 0 Å². The van der Waals surface area contributed by atoms with Crippen LogP contribution in [0.4, 0.5) is 4.79 Å². The van der Waals surface area contributed by atoms with Crippen LogP contribution in [-0.2, 0) is 19.1 Å². The monoisotopic (exact) mass is 385 g/mol. The molecule has 0 aliphatic carbocycles. The summed E-state index contributed by atoms with van der Waals surface area (Å²) in [6.45, 7) is 10.5. The van der Waals surface area contributed by atoms with E-state index in [1.54, 1.807) is 34.6 Å². The van der Waals surface area contributed by atoms with Crippen LogP contribution in [-0.4, -0.2) is 64.2 Å². The number of carbonyl (C=O) groups is 4. The van der Waals surface area contributed by atoms with Gasteiger partial charge in [-0.15, -0.1) is 0 Å². The number of carboxylic acid groups (broad SMARTS) is 1. The van der Waals surface area contributed by atoms with E-state index in [-0.39, 0.29) is 5.92 Å². The molecule has 1 heterocycles. The van der Waals surface area contributed by atoms with Crippen molar-refractivity contribution in [2.24, 2.45) is 5.92 Å². The first-order valence-corrected chi connectivity index (χ1v) is 9.16. The van der Waals surface area contributed by atoms with E-state index in [0.29, 0.717) is 19.4 Å². The zero-order valence-corrected chi connectivity index (χ0v) is 16.9. The molecule has 2 unspecified atom stereocenters. The first-order chi connectivity index (χ1) is 12.3. The molecule has 3 N–H and O–H groups in total. The van der Waals surface area contributed by atoms with Gasteiger partial charge in [0.2, 0.25) is 11.8 Å². The Balaban J connectivity index is 2.73. The van der Waals surface area contributed by atoms with Crippen molar-refractivity contribution in [1.29, 1.82) is 0 Å². The lowest BCUT2D eigenvalue weighted by atomic mass is 10.0. The Labute approximate surface area is 159 Å². The van der Waals surface area contributed by atoms with Gasteiger partial charge in [-0.2, -0.15) is 0 Å². The van der Waals surface area contributed by atoms with Crippen LogP contribution in [0.25, 0.3) is 0 Å². The Morgan fingerprint density at radius 1 is 1.11 bits per heavy atom. The predicted molar refractivity (Wildman–Crippen MR) is 98.0 cm³/mol. The first-order valence-electron chi connectivity index (χ1n) is 9.16. The van der Waals surface area contributed by atoms with Crippen LogP contribution < -0.4 is 10.6 Å². The lowest BCUT2D eigenvalue weighted by Crippen LogP contribution is -2.56. The fourth-order valence-electron chi connectivity index (χ4n) is 2.87. The summed E-state index contributed by atoms with van der Waals surface area (Å²) in [5, 5.41) is 14.3. The van der Waals surface area contributed by atoms with Crippen molar-refractivity contribution in [2.45, 2.75) is 78.1 Å². The molecule has 3 amide bonds. The number of likely N-dealkylation sites (tertiary alicyclic amines) is 1. The average molecular weight is 385 g/mol. The second-order valence-electron chi connectivity index (χ2n) is 8.13. The van der Waals surface area contributed by atoms with Crippen LogP contribution in [0, 0.1) is 5.92 Å². The highest BCUT2D eigenvalue weighted by Gasteiger charge is 2.37. The molecule has 27 heavy (non-hydrogen) atoms. The second-order valence-corrected chi connectivity index (χ2v) is 8.13. The molecule has 0 aromatic carbocycles. The fraction of sp³-hybridized carbons (Fsp3) is 0.778. The molecule has 1 aliphatic rings. The topological polar surface area (TPSA) is 125 Å². The lowest BCUT2D eigenvalue weighted by molar-refractivity contribution is -0.149. The van der Waals surface area contributed by atoms with E-state index in [4.69, 9.17) is 4.74 Å². The molecule has 0 bridgehead atoms. The van der Waals surface area contributed by atoms with Gasteiger partial charge in [0.25, 0.3) is 0 Å². The minimum atomic E-state index is -1.05. The van der Waals surface area contributed by atoms with E-state index in [1.807, 2.05) is 0 Å². The van der Waals surface area contributed by atoms with E-state index >= 15 is 0 Å². The molecule has 9 heteroatoms. The molecule has 0 aromatic rings. The van der Waals surface area contributed by atoms with Gasteiger partial charge in [-0.3, -0.25) is 9.59 Å². The number of ether oxygens (including phenoxy) is 1. The van der Waals surface area contributed by atoms with Gasteiger partial charge in [-0.05, 0) is 46.5 Å². The fourth-order valence-corrected chi connectivity index (χ4v) is 2.87. The number of alkyl carbamates (subject to hydrolysis) is 1. The summed E-state index contributed by atoms with van der Waals surface area (Å²) in [6.07, 6.45) is 0.287. The molecule has 9 nitrogen and oxygen atoms in total. The number of hydrogen-bond acceptors (Lipinski definition) is 5. The largest absolute Gasteiger partial charge is 0.480 e. The van der Waals surface area contributed by atoms with Crippen LogP contribution in [0.2, 0.25) is 0 Å². The van der Waals surface area contributed by atoms with Gasteiger partial charge >= 0.3 is 12.1 Å². The number of rotatable bonds is 6. The average Bonchev–Trinajstić information content (AvgIpc) is 2.99. The van der Waals surface area contributed by atoms with E-state index < -0.39 is 47.6 Å². The van der Waals surface area contributed by atoms with Crippen molar-refractivity contribution < 1.29 is 29.0 Å². The maximum Gasteiger partial charge on any atom is 0.408 e. The quantitative estimate of drug-likeness (QED) is 0.629. The lowest BCUT2D eigenvalue weighted by Gasteiger charge is -2.28. The SMILES string of the molecule is CC(NC(=O)C(NC(=O)OC(C)(C)C)C(C)C)C(=O)N1CCC[C@H]1C(=O)O. The Kier molecular flexibility index (Phi) is 7.62. The smallest absolute Gasteiger partial charge is 0.408 e. The highest BCUT2D eigenvalue weighted by atomic mass is 16.6. The number of nitrogens with zero attached hydrogens (tertiary/aromatic N) is 1. The summed E-state index contributed by atoms with van der Waals surface area (Å²) >= 11 is 0. The normalized spacial score (nSPS) is 19.4. The summed E-state index contributed by atoms with van der Waals surface area (Å²) in [5.41, 5.74) is -0.701. The number of aliphatic carboxylic acids is 1. The Morgan fingerprint density at radius 3 is 2.19 bits per heavy atom. The van der Waals surface area contributed by atoms with E-state index in [2.05, 4.69) is 10.6 Å². The van der Waals surface area contributed by atoms with Gasteiger partial charge in [-0.25, -0.2) is 9.59 Å². The minimum absolute atomic E-state index is 0.238. The van der Waals surface area contributed by atoms with E-state index in [1.165, 1.54) is 11.8 Å². The summed E-state index contributed by atoms with van der Waals surface area (Å²) < 4.78 is 5.17. The summed E-state index contributed by atoms with van der Waals surface area (Å²) in [4.78, 5) is 49.6. The molecular weight excluding hydrogens is 354 g/mol. The Morgan fingerprint density at radius 2 is 1.70 bits per heavy atom. The van der Waals surface area contributed by atoms with Gasteiger partial charge in [0.15, 0.2) is 0 Å². The number of amides is 3. The van der Waals surface area contributed by atoms with Crippen molar-refractivity contribution in [3.05, 3.63) is 0 Å². The van der Waals surface area contributed by atoms with Crippen molar-refractivity contribution >= 4 is 23.9 Å². The molecule has 1 rings (SSSR count). The van der Waals surface area contributed by atoms with Gasteiger partial charge in [0, 0.05) is 6.54 Å². The van der Waals surface area contributed by atoms with Crippen molar-refractivity contribution in [2.75, 3.05) is 6.54 Å². The Bertz CT molecular complexity index is 584. The maximum atomic E-state index is 12.6. The van der Waals surface area contributed by atoms with Crippen LogP contribution in [0.5, 0.6) is 0 Å². The third-order valence-electron chi connectivity index (χ3n) is 4.17. The molecule has 0 spiro atoms. The van der Waals surface area contributed by atoms with Crippen LogP contribution in [0.1, 0.15) is 54.4 Å². The molecule has 3 atom stereocenters. The third kappa shape index (κ3) is 6.73. The minimum Gasteiger partial charge on any atom is -0.480 e. The molecule has 1 aliphatic heterocycles. The van der Waals surface area contributed by atoms with E-state index in [0.717, 1.165) is 0 Å². The molecule has 154 valence electrons. The van der Waals surface area contributed by atoms with Gasteiger partial charge in [0.05, 0.1) is 0 Å². The molecule has 1 fully saturated rings. The molecule has 1 saturated heterocycles. The summed E-state index contributed by atoms with van der Waals surface area (Å²) in [7, 11) is 0. The molecular formula is C18H31N3O6. The first kappa shape index (κ1) is 22.7. The summed E-state index contributed by atoms with van der Waals surface area (Å²) in [5.74, 6) is -2.26. The number of carboxylic acids is 1. The third-order valence-corrected chi connectivity index (χ3v) is 4.17. The van der Waals surface area contributed by atoms with Crippen molar-refractivity contribution in [3.63, 3.8) is 0 Å². The molecule has 0 radical (unpaired) electrons. The Hall–Kier alpha value is -2.32. The zero-order valence-electron chi connectivity index (χ0n) is 16.9.